The summed E-state index contributed by atoms with van der Waals surface area (Å²) in [7, 11) is -3.64. The second-order valence-corrected chi connectivity index (χ2v) is 4.07. The maximum atomic E-state index is 10.9. The predicted molar refractivity (Wildman–Crippen MR) is 41.5 cm³/mol. The van der Waals surface area contributed by atoms with Crippen molar-refractivity contribution in [2.45, 2.75) is 0 Å². The minimum absolute atomic E-state index is 0.414. The number of azo groups is 1. The molecule has 0 bridgehead atoms. The molecule has 13 heavy (non-hydrogen) atoms. The van der Waals surface area contributed by atoms with Gasteiger partial charge in [0.25, 0.3) is 0 Å². The van der Waals surface area contributed by atoms with Crippen LogP contribution in [0.15, 0.2) is 22.2 Å². The Morgan fingerprint density at radius 1 is 1.31 bits per heavy atom. The molecule has 0 aromatic heterocycles. The van der Waals surface area contributed by atoms with E-state index >= 15 is 0 Å². The monoisotopic (exact) mass is 203 g/mol. The molecule has 0 radical (unpaired) electrons. The molecule has 0 atom stereocenters. The maximum absolute atomic E-state index is 10.9. The highest BCUT2D eigenvalue weighted by Crippen LogP contribution is 2.09. The van der Waals surface area contributed by atoms with Crippen molar-refractivity contribution in [2.75, 3.05) is 5.88 Å². The summed E-state index contributed by atoms with van der Waals surface area (Å²) in [6.45, 7) is 3.03. The number of nitrogens with zero attached hydrogens (tertiary/aromatic N) is 3. The van der Waals surface area contributed by atoms with Gasteiger partial charge in [0, 0.05) is 5.41 Å². The smallest absolute Gasteiger partial charge is 0.244 e. The molecular formula is C5H5N3O4S. The molecule has 1 aliphatic rings. The van der Waals surface area contributed by atoms with Crippen LogP contribution < -0.4 is 0 Å². The van der Waals surface area contributed by atoms with Gasteiger partial charge in [-0.15, -0.1) is 0 Å². The summed E-state index contributed by atoms with van der Waals surface area (Å²) in [6, 6.07) is -1.95. The summed E-state index contributed by atoms with van der Waals surface area (Å²) in [5.74, 6) is -0.763. The van der Waals surface area contributed by atoms with Crippen molar-refractivity contribution in [3.8, 4) is 0 Å². The molecule has 0 N–H and O–H groups in total. The van der Waals surface area contributed by atoms with Crippen molar-refractivity contribution in [1.29, 1.82) is 0 Å². The van der Waals surface area contributed by atoms with Crippen LogP contribution in [0.1, 0.15) is 0 Å². The van der Waals surface area contributed by atoms with Crippen molar-refractivity contribution >= 4 is 21.9 Å². The minimum atomic E-state index is -3.64. The first-order valence-electron chi connectivity index (χ1n) is 3.08. The third-order valence-corrected chi connectivity index (χ3v) is 2.37. The van der Waals surface area contributed by atoms with E-state index in [1.54, 1.807) is 0 Å². The number of imide groups is 1. The van der Waals surface area contributed by atoms with Crippen molar-refractivity contribution in [3.05, 3.63) is 12.0 Å². The van der Waals surface area contributed by atoms with Gasteiger partial charge < -0.3 is 0 Å². The summed E-state index contributed by atoms with van der Waals surface area (Å²) in [4.78, 5) is 21.9. The van der Waals surface area contributed by atoms with Gasteiger partial charge in [-0.25, -0.2) is 22.9 Å². The minimum Gasteiger partial charge on any atom is -0.244 e. The normalized spacial score (nSPS) is 16.8. The van der Waals surface area contributed by atoms with Crippen LogP contribution in [-0.4, -0.2) is 31.3 Å². The first-order valence-corrected chi connectivity index (χ1v) is 4.80. The van der Waals surface area contributed by atoms with Crippen molar-refractivity contribution in [1.82, 2.24) is 4.90 Å². The van der Waals surface area contributed by atoms with Crippen LogP contribution in [0.2, 0.25) is 0 Å². The number of carbonyl (C=O) groups excluding carboxylic acids is 2. The summed E-state index contributed by atoms with van der Waals surface area (Å²) < 4.78 is 21.8. The van der Waals surface area contributed by atoms with E-state index < -0.39 is 27.8 Å². The highest BCUT2D eigenvalue weighted by molar-refractivity contribution is 7.94. The predicted octanol–water partition coefficient (Wildman–Crippen LogP) is 0.510. The Hall–Kier alpha value is -1.57. The number of amides is 4. The number of rotatable bonds is 3. The lowest BCUT2D eigenvalue weighted by molar-refractivity contribution is 0.211. The highest BCUT2D eigenvalue weighted by atomic mass is 32.2. The molecule has 70 valence electrons. The molecule has 0 fully saturated rings. The second kappa shape index (κ2) is 3.05. The molecule has 0 unspecified atom stereocenters. The van der Waals surface area contributed by atoms with E-state index in [2.05, 4.69) is 16.8 Å². The molecule has 1 heterocycles. The second-order valence-electron chi connectivity index (χ2n) is 2.15. The first kappa shape index (κ1) is 9.52. The van der Waals surface area contributed by atoms with Crippen LogP contribution in [0.25, 0.3) is 0 Å². The van der Waals surface area contributed by atoms with E-state index in [9.17, 15) is 18.0 Å². The zero-order valence-electron chi connectivity index (χ0n) is 6.37. The quantitative estimate of drug-likeness (QED) is 0.667. The Bertz CT molecular complexity index is 378. The lowest BCUT2D eigenvalue weighted by Crippen LogP contribution is -2.32. The third-order valence-electron chi connectivity index (χ3n) is 1.25. The zero-order chi connectivity index (χ0) is 10.1. The summed E-state index contributed by atoms with van der Waals surface area (Å²) in [5, 5.41) is 6.42. The number of urea groups is 2. The van der Waals surface area contributed by atoms with E-state index in [-0.39, 0.29) is 0 Å². The van der Waals surface area contributed by atoms with Crippen LogP contribution in [-0.2, 0) is 9.84 Å². The fraction of sp³-hybridized carbons (Fsp3) is 0.200. The van der Waals surface area contributed by atoms with Crippen LogP contribution in [0.5, 0.6) is 0 Å². The van der Waals surface area contributed by atoms with Gasteiger partial charge in [-0.05, 0) is 0 Å². The van der Waals surface area contributed by atoms with E-state index in [0.29, 0.717) is 10.3 Å². The van der Waals surface area contributed by atoms with E-state index in [0.717, 1.165) is 0 Å². The molecule has 8 heteroatoms. The van der Waals surface area contributed by atoms with Gasteiger partial charge in [-0.2, -0.15) is 0 Å². The molecule has 0 saturated carbocycles. The molecule has 7 nitrogen and oxygen atoms in total. The number of hydrogen-bond acceptors (Lipinski definition) is 4. The fourth-order valence-electron chi connectivity index (χ4n) is 0.618. The lowest BCUT2D eigenvalue weighted by Gasteiger charge is -2.07. The molecule has 0 saturated heterocycles. The molecule has 0 aromatic carbocycles. The zero-order valence-corrected chi connectivity index (χ0v) is 7.19. The number of sulfone groups is 1. The Balaban J connectivity index is 2.83. The molecule has 4 amide bonds. The van der Waals surface area contributed by atoms with Crippen LogP contribution in [0, 0.1) is 0 Å². The van der Waals surface area contributed by atoms with Crippen LogP contribution in [0.3, 0.4) is 0 Å². The molecule has 0 aliphatic carbocycles. The molecule has 0 spiro atoms. The number of hydrogen-bond donors (Lipinski definition) is 0. The SMILES string of the molecule is C=CS(=O)(=O)CN1C(=O)N=NC1=O. The Kier molecular flexibility index (Phi) is 2.24. The fourth-order valence-corrected chi connectivity index (χ4v) is 1.30. The van der Waals surface area contributed by atoms with E-state index in [1.165, 1.54) is 0 Å². The average molecular weight is 203 g/mol. The summed E-state index contributed by atoms with van der Waals surface area (Å²) >= 11 is 0. The third kappa shape index (κ3) is 1.96. The van der Waals surface area contributed by atoms with Gasteiger partial charge in [0.2, 0.25) is 0 Å². The van der Waals surface area contributed by atoms with Gasteiger partial charge in [0.05, 0.1) is 0 Å². The van der Waals surface area contributed by atoms with Gasteiger partial charge in [-0.3, -0.25) is 0 Å². The summed E-state index contributed by atoms with van der Waals surface area (Å²) in [6.07, 6.45) is 0. The molecular weight excluding hydrogens is 198 g/mol. The first-order chi connectivity index (χ1) is 5.96. The lowest BCUT2D eigenvalue weighted by atomic mass is 10.8. The molecule has 1 aliphatic heterocycles. The van der Waals surface area contributed by atoms with E-state index in [4.69, 9.17) is 0 Å². The Morgan fingerprint density at radius 3 is 2.15 bits per heavy atom. The van der Waals surface area contributed by atoms with Crippen molar-refractivity contribution in [3.63, 3.8) is 0 Å². The van der Waals surface area contributed by atoms with Gasteiger partial charge in [0.15, 0.2) is 9.84 Å². The van der Waals surface area contributed by atoms with Crippen LogP contribution >= 0.6 is 0 Å². The molecule has 0 aromatic rings. The van der Waals surface area contributed by atoms with Gasteiger partial charge in [-0.1, -0.05) is 16.8 Å². The Morgan fingerprint density at radius 2 is 1.77 bits per heavy atom. The average Bonchev–Trinajstić information content (AvgIpc) is 2.36. The standard InChI is InChI=1S/C5H5N3O4S/c1-2-13(11,12)3-8-4(9)6-7-5(8)10/h2H,1,3H2. The van der Waals surface area contributed by atoms with Gasteiger partial charge in [0.1, 0.15) is 5.88 Å². The largest absolute Gasteiger partial charge is 0.371 e. The molecule has 1 rings (SSSR count). The maximum Gasteiger partial charge on any atom is 0.371 e. The Labute approximate surface area is 73.7 Å². The topological polar surface area (TPSA) is 96.2 Å². The van der Waals surface area contributed by atoms with E-state index in [1.807, 2.05) is 0 Å². The number of carbonyl (C=O) groups is 2. The van der Waals surface area contributed by atoms with Crippen molar-refractivity contribution < 1.29 is 18.0 Å². The van der Waals surface area contributed by atoms with Crippen LogP contribution in [0.4, 0.5) is 9.59 Å². The summed E-state index contributed by atoms with van der Waals surface area (Å²) in [5.41, 5.74) is 0. The van der Waals surface area contributed by atoms with Gasteiger partial charge >= 0.3 is 12.1 Å². The van der Waals surface area contributed by atoms with Crippen molar-refractivity contribution in [2.24, 2.45) is 10.2 Å². The highest BCUT2D eigenvalue weighted by Gasteiger charge is 2.30.